The molecule has 1 heterocycles. The molecule has 1 N–H and O–H groups in total. The Morgan fingerprint density at radius 3 is 2.54 bits per heavy atom. The number of rotatable bonds is 6. The first-order chi connectivity index (χ1) is 13.5. The molecule has 0 radical (unpaired) electrons. The second kappa shape index (κ2) is 7.99. The Labute approximate surface area is 172 Å². The summed E-state index contributed by atoms with van der Waals surface area (Å²) >= 11 is 7.48. The Morgan fingerprint density at radius 1 is 0.964 bits per heavy atom. The minimum Gasteiger partial charge on any atom is -0.333 e. The van der Waals surface area contributed by atoms with Gasteiger partial charge < -0.3 is 4.98 Å². The molecule has 4 nitrogen and oxygen atoms in total. The molecule has 0 spiro atoms. The predicted molar refractivity (Wildman–Crippen MR) is 114 cm³/mol. The third-order valence-electron chi connectivity index (χ3n) is 4.29. The maximum Gasteiger partial charge on any atom is 0.182 e. The van der Waals surface area contributed by atoms with Crippen molar-refractivity contribution in [2.75, 3.05) is 0 Å². The Bertz CT molecular complexity index is 1220. The van der Waals surface area contributed by atoms with Gasteiger partial charge in [0.05, 0.1) is 21.7 Å². The summed E-state index contributed by atoms with van der Waals surface area (Å²) in [6.07, 6.45) is 0. The van der Waals surface area contributed by atoms with Crippen molar-refractivity contribution in [3.05, 3.63) is 88.9 Å². The van der Waals surface area contributed by atoms with E-state index < -0.39 is 9.84 Å². The van der Waals surface area contributed by atoms with Crippen molar-refractivity contribution in [1.82, 2.24) is 9.97 Å². The van der Waals surface area contributed by atoms with Crippen LogP contribution in [0.5, 0.6) is 0 Å². The number of imidazole rings is 1. The van der Waals surface area contributed by atoms with Gasteiger partial charge in [-0.1, -0.05) is 71.9 Å². The van der Waals surface area contributed by atoms with Crippen LogP contribution in [0.25, 0.3) is 11.0 Å². The second-order valence-electron chi connectivity index (χ2n) is 6.34. The van der Waals surface area contributed by atoms with Crippen LogP contribution in [0, 0.1) is 0 Å². The molecule has 0 amide bonds. The van der Waals surface area contributed by atoms with Crippen LogP contribution in [0.15, 0.2) is 82.8 Å². The molecule has 0 fully saturated rings. The largest absolute Gasteiger partial charge is 0.333 e. The number of halogens is 1. The van der Waals surface area contributed by atoms with E-state index in [1.807, 2.05) is 54.6 Å². The fourth-order valence-electron chi connectivity index (χ4n) is 2.97. The first-order valence-electron chi connectivity index (χ1n) is 8.64. The Kier molecular flexibility index (Phi) is 5.44. The van der Waals surface area contributed by atoms with Crippen LogP contribution in [0.1, 0.15) is 11.1 Å². The average Bonchev–Trinajstić information content (AvgIpc) is 3.09. The number of sulfone groups is 1. The Hall–Kier alpha value is -2.28. The number of H-pyrrole nitrogens is 1. The molecule has 0 aliphatic carbocycles. The number of hydrogen-bond acceptors (Lipinski definition) is 4. The van der Waals surface area contributed by atoms with Gasteiger partial charge in [-0.2, -0.15) is 0 Å². The van der Waals surface area contributed by atoms with Gasteiger partial charge in [0.1, 0.15) is 0 Å². The maximum absolute atomic E-state index is 13.0. The molecule has 7 heteroatoms. The number of aromatic nitrogens is 2. The van der Waals surface area contributed by atoms with Gasteiger partial charge in [0.15, 0.2) is 15.0 Å². The van der Waals surface area contributed by atoms with Crippen LogP contribution >= 0.6 is 23.4 Å². The van der Waals surface area contributed by atoms with Gasteiger partial charge in [-0.05, 0) is 35.4 Å². The number of fused-ring (bicyclic) bond motifs is 1. The van der Waals surface area contributed by atoms with Crippen LogP contribution in [0.2, 0.25) is 5.02 Å². The smallest absolute Gasteiger partial charge is 0.182 e. The molecule has 0 saturated heterocycles. The van der Waals surface area contributed by atoms with Gasteiger partial charge in [-0.25, -0.2) is 13.4 Å². The first kappa shape index (κ1) is 19.1. The lowest BCUT2D eigenvalue weighted by atomic mass is 10.2. The highest BCUT2D eigenvalue weighted by Gasteiger charge is 2.19. The van der Waals surface area contributed by atoms with Gasteiger partial charge in [0.2, 0.25) is 0 Å². The van der Waals surface area contributed by atoms with Gasteiger partial charge in [0, 0.05) is 10.8 Å². The highest BCUT2D eigenvalue weighted by atomic mass is 35.5. The molecule has 4 aromatic rings. The van der Waals surface area contributed by atoms with Crippen molar-refractivity contribution in [3.63, 3.8) is 0 Å². The van der Waals surface area contributed by atoms with Crippen molar-refractivity contribution >= 4 is 44.2 Å². The van der Waals surface area contributed by atoms with Crippen molar-refractivity contribution in [2.45, 2.75) is 21.6 Å². The molecule has 0 aliphatic heterocycles. The summed E-state index contributed by atoms with van der Waals surface area (Å²) in [6.45, 7) is 0. The van der Waals surface area contributed by atoms with Crippen LogP contribution in [-0.2, 0) is 21.3 Å². The third kappa shape index (κ3) is 4.24. The van der Waals surface area contributed by atoms with E-state index in [1.165, 1.54) is 11.8 Å². The van der Waals surface area contributed by atoms with Gasteiger partial charge >= 0.3 is 0 Å². The van der Waals surface area contributed by atoms with E-state index in [1.54, 1.807) is 18.2 Å². The molecule has 0 bridgehead atoms. The van der Waals surface area contributed by atoms with E-state index in [0.29, 0.717) is 15.7 Å². The van der Waals surface area contributed by atoms with Crippen molar-refractivity contribution < 1.29 is 8.42 Å². The molecule has 0 atom stereocenters. The highest BCUT2D eigenvalue weighted by molar-refractivity contribution is 7.98. The Balaban J connectivity index is 1.57. The lowest BCUT2D eigenvalue weighted by molar-refractivity contribution is 0.594. The van der Waals surface area contributed by atoms with Crippen LogP contribution in [0.4, 0.5) is 0 Å². The van der Waals surface area contributed by atoms with Gasteiger partial charge in [-0.3, -0.25) is 0 Å². The van der Waals surface area contributed by atoms with E-state index in [-0.39, 0.29) is 5.75 Å². The average molecular weight is 429 g/mol. The van der Waals surface area contributed by atoms with E-state index in [9.17, 15) is 8.42 Å². The number of hydrogen-bond donors (Lipinski definition) is 1. The summed E-state index contributed by atoms with van der Waals surface area (Å²) in [6, 6.07) is 21.8. The fourth-order valence-corrected chi connectivity index (χ4v) is 5.74. The topological polar surface area (TPSA) is 62.8 Å². The number of aromatic amines is 1. The molecule has 4 rings (SSSR count). The molecule has 28 heavy (non-hydrogen) atoms. The lowest BCUT2D eigenvalue weighted by Gasteiger charge is -2.10. The zero-order valence-electron chi connectivity index (χ0n) is 14.8. The summed E-state index contributed by atoms with van der Waals surface area (Å²) in [5.74, 6) is 0.483. The summed E-state index contributed by atoms with van der Waals surface area (Å²) in [5.41, 5.74) is 3.23. The number of benzene rings is 3. The molecular weight excluding hydrogens is 412 g/mol. The number of thioether (sulfide) groups is 1. The first-order valence-corrected chi connectivity index (χ1v) is 11.7. The zero-order valence-corrected chi connectivity index (χ0v) is 17.2. The highest BCUT2D eigenvalue weighted by Crippen LogP contribution is 2.28. The van der Waals surface area contributed by atoms with Crippen LogP contribution in [-0.4, -0.2) is 18.4 Å². The predicted octanol–water partition coefficient (Wildman–Crippen LogP) is 5.48. The van der Waals surface area contributed by atoms with Gasteiger partial charge in [-0.15, -0.1) is 0 Å². The fraction of sp³-hybridized carbons (Fsp3) is 0.0952. The molecule has 0 unspecified atom stereocenters. The molecular formula is C21H17ClN2O2S2. The quantitative estimate of drug-likeness (QED) is 0.413. The molecule has 1 aromatic heterocycles. The summed E-state index contributed by atoms with van der Waals surface area (Å²) in [4.78, 5) is 8.12. The number of nitrogens with zero attached hydrogens (tertiary/aromatic N) is 1. The van der Waals surface area contributed by atoms with Gasteiger partial charge in [0.25, 0.3) is 0 Å². The summed E-state index contributed by atoms with van der Waals surface area (Å²) in [5, 5.41) is 1.37. The van der Waals surface area contributed by atoms with E-state index >= 15 is 0 Å². The van der Waals surface area contributed by atoms with E-state index in [4.69, 9.17) is 11.6 Å². The molecule has 142 valence electrons. The standard InChI is InChI=1S/C21H17ClN2O2S2/c22-17-10-11-18-19(12-17)24-21(23-18)27-13-16-8-4-5-9-20(16)28(25,26)14-15-6-2-1-3-7-15/h1-12H,13-14H2,(H,23,24). The van der Waals surface area contributed by atoms with Crippen LogP contribution < -0.4 is 0 Å². The Morgan fingerprint density at radius 2 is 1.71 bits per heavy atom. The zero-order chi connectivity index (χ0) is 19.6. The second-order valence-corrected chi connectivity index (χ2v) is 9.70. The lowest BCUT2D eigenvalue weighted by Crippen LogP contribution is -2.07. The summed E-state index contributed by atoms with van der Waals surface area (Å²) < 4.78 is 25.9. The van der Waals surface area contributed by atoms with Crippen LogP contribution in [0.3, 0.4) is 0 Å². The third-order valence-corrected chi connectivity index (χ3v) is 7.23. The molecule has 0 aliphatic rings. The van der Waals surface area contributed by atoms with Crippen molar-refractivity contribution in [1.29, 1.82) is 0 Å². The molecule has 3 aromatic carbocycles. The monoisotopic (exact) mass is 428 g/mol. The number of nitrogens with one attached hydrogen (secondary N) is 1. The normalized spacial score (nSPS) is 11.8. The van der Waals surface area contributed by atoms with E-state index in [0.717, 1.165) is 27.3 Å². The van der Waals surface area contributed by atoms with Crippen molar-refractivity contribution in [3.8, 4) is 0 Å². The minimum absolute atomic E-state index is 0.0152. The van der Waals surface area contributed by atoms with Crippen molar-refractivity contribution in [2.24, 2.45) is 0 Å². The summed E-state index contributed by atoms with van der Waals surface area (Å²) in [7, 11) is -3.44. The molecule has 0 saturated carbocycles. The SMILES string of the molecule is O=S(=O)(Cc1ccccc1)c1ccccc1CSc1nc2ccc(Cl)cc2[nH]1. The minimum atomic E-state index is -3.44. The maximum atomic E-state index is 13.0. The van der Waals surface area contributed by atoms with E-state index in [2.05, 4.69) is 9.97 Å².